The lowest BCUT2D eigenvalue weighted by Crippen LogP contribution is -2.56. The Hall–Kier alpha value is -1.06. The van der Waals surface area contributed by atoms with E-state index < -0.39 is 12.7 Å². The first-order valence-corrected chi connectivity index (χ1v) is 9.26. The molecule has 2 fully saturated rings. The Morgan fingerprint density at radius 3 is 2.46 bits per heavy atom. The number of aliphatic imine (C=N–C) groups is 1. The maximum atomic E-state index is 12.5. The third kappa shape index (κ3) is 6.92. The van der Waals surface area contributed by atoms with Crippen LogP contribution >= 0.6 is 0 Å². The van der Waals surface area contributed by atoms with E-state index in [2.05, 4.69) is 34.4 Å². The van der Waals surface area contributed by atoms with E-state index in [0.29, 0.717) is 25.6 Å². The summed E-state index contributed by atoms with van der Waals surface area (Å²) in [5, 5.41) is 6.60. The fourth-order valence-corrected chi connectivity index (χ4v) is 3.52. The van der Waals surface area contributed by atoms with Crippen LogP contribution in [0.2, 0.25) is 0 Å². The van der Waals surface area contributed by atoms with Gasteiger partial charge in [0.05, 0.1) is 19.8 Å². The van der Waals surface area contributed by atoms with Crippen molar-refractivity contribution < 1.29 is 17.9 Å². The molecule has 0 spiro atoms. The highest BCUT2D eigenvalue weighted by atomic mass is 19.4. The lowest BCUT2D eigenvalue weighted by atomic mass is 10.0. The van der Waals surface area contributed by atoms with Crippen molar-refractivity contribution in [1.29, 1.82) is 0 Å². The standard InChI is InChI=1S/C17H32F3N5O/c1-16(2,25-6-8-26-9-7-25)12-23-15(21-3)22-10-14-4-5-24(11-14)13-17(18,19)20/h14H,4-13H2,1-3H3,(H2,21,22,23). The zero-order valence-electron chi connectivity index (χ0n) is 16.0. The van der Waals surface area contributed by atoms with Gasteiger partial charge in [-0.2, -0.15) is 13.2 Å². The van der Waals surface area contributed by atoms with Crippen LogP contribution in [0.4, 0.5) is 13.2 Å². The Kier molecular flexibility index (Phi) is 7.54. The molecule has 2 N–H and O–H groups in total. The van der Waals surface area contributed by atoms with Crippen molar-refractivity contribution in [1.82, 2.24) is 20.4 Å². The highest BCUT2D eigenvalue weighted by Crippen LogP contribution is 2.22. The van der Waals surface area contributed by atoms with E-state index in [1.165, 1.54) is 4.90 Å². The predicted molar refractivity (Wildman–Crippen MR) is 96.4 cm³/mol. The molecule has 0 aromatic heterocycles. The summed E-state index contributed by atoms with van der Waals surface area (Å²) in [6.45, 7) is 9.24. The third-order valence-electron chi connectivity index (χ3n) is 5.11. The molecular weight excluding hydrogens is 347 g/mol. The fourth-order valence-electron chi connectivity index (χ4n) is 3.52. The van der Waals surface area contributed by atoms with Crippen LogP contribution in [-0.2, 0) is 4.74 Å². The first-order valence-electron chi connectivity index (χ1n) is 9.26. The molecule has 2 aliphatic heterocycles. The topological polar surface area (TPSA) is 52.1 Å². The molecule has 0 bridgehead atoms. The van der Waals surface area contributed by atoms with Crippen LogP contribution in [-0.4, -0.2) is 93.5 Å². The number of halogens is 3. The van der Waals surface area contributed by atoms with Crippen molar-refractivity contribution in [3.63, 3.8) is 0 Å². The Morgan fingerprint density at radius 2 is 1.85 bits per heavy atom. The monoisotopic (exact) mass is 379 g/mol. The van der Waals surface area contributed by atoms with Crippen LogP contribution in [0, 0.1) is 5.92 Å². The van der Waals surface area contributed by atoms with Crippen molar-refractivity contribution in [3.05, 3.63) is 0 Å². The number of hydrogen-bond donors (Lipinski definition) is 2. The molecule has 2 heterocycles. The van der Waals surface area contributed by atoms with E-state index in [-0.39, 0.29) is 11.5 Å². The number of hydrogen-bond acceptors (Lipinski definition) is 4. The minimum absolute atomic E-state index is 0.0295. The summed E-state index contributed by atoms with van der Waals surface area (Å²) >= 11 is 0. The summed E-state index contributed by atoms with van der Waals surface area (Å²) in [6.07, 6.45) is -3.34. The van der Waals surface area contributed by atoms with Crippen molar-refractivity contribution in [2.75, 3.05) is 66.1 Å². The molecule has 2 saturated heterocycles. The first-order chi connectivity index (χ1) is 12.2. The van der Waals surface area contributed by atoms with E-state index in [9.17, 15) is 13.2 Å². The Balaban J connectivity index is 1.71. The number of nitrogens with zero attached hydrogens (tertiary/aromatic N) is 3. The maximum absolute atomic E-state index is 12.5. The van der Waals surface area contributed by atoms with Gasteiger partial charge in [-0.05, 0) is 32.7 Å². The molecule has 0 saturated carbocycles. The number of rotatable bonds is 6. The second-order valence-corrected chi connectivity index (χ2v) is 7.72. The second kappa shape index (κ2) is 9.23. The number of ether oxygens (including phenoxy) is 1. The molecule has 1 unspecified atom stereocenters. The SMILES string of the molecule is CN=C(NCC1CCN(CC(F)(F)F)C1)NCC(C)(C)N1CCOCC1. The number of nitrogens with one attached hydrogen (secondary N) is 2. The molecule has 9 heteroatoms. The van der Waals surface area contributed by atoms with E-state index in [0.717, 1.165) is 39.3 Å². The van der Waals surface area contributed by atoms with E-state index in [1.807, 2.05) is 0 Å². The minimum atomic E-state index is -4.12. The molecule has 152 valence electrons. The Morgan fingerprint density at radius 1 is 1.15 bits per heavy atom. The van der Waals surface area contributed by atoms with Gasteiger partial charge >= 0.3 is 6.18 Å². The molecule has 2 aliphatic rings. The molecule has 0 amide bonds. The zero-order chi connectivity index (χ0) is 19.2. The molecule has 0 aliphatic carbocycles. The van der Waals surface area contributed by atoms with Crippen LogP contribution in [0.3, 0.4) is 0 Å². The van der Waals surface area contributed by atoms with Gasteiger partial charge in [0.1, 0.15) is 0 Å². The van der Waals surface area contributed by atoms with Gasteiger partial charge in [0.2, 0.25) is 0 Å². The smallest absolute Gasteiger partial charge is 0.379 e. The van der Waals surface area contributed by atoms with Crippen molar-refractivity contribution in [3.8, 4) is 0 Å². The quantitative estimate of drug-likeness (QED) is 0.536. The van der Waals surface area contributed by atoms with Crippen molar-refractivity contribution in [2.45, 2.75) is 32.0 Å². The summed E-state index contributed by atoms with van der Waals surface area (Å²) in [4.78, 5) is 8.10. The van der Waals surface area contributed by atoms with Gasteiger partial charge in [0, 0.05) is 45.3 Å². The van der Waals surface area contributed by atoms with Gasteiger partial charge in [-0.15, -0.1) is 0 Å². The molecule has 2 rings (SSSR count). The van der Waals surface area contributed by atoms with Crippen LogP contribution in [0.25, 0.3) is 0 Å². The fraction of sp³-hybridized carbons (Fsp3) is 0.941. The highest BCUT2D eigenvalue weighted by Gasteiger charge is 2.34. The second-order valence-electron chi connectivity index (χ2n) is 7.72. The molecule has 0 radical (unpaired) electrons. The summed E-state index contributed by atoms with van der Waals surface area (Å²) in [7, 11) is 1.71. The predicted octanol–water partition coefficient (Wildman–Crippen LogP) is 1.15. The lowest BCUT2D eigenvalue weighted by molar-refractivity contribution is -0.143. The average molecular weight is 379 g/mol. The van der Waals surface area contributed by atoms with Gasteiger partial charge in [0.25, 0.3) is 0 Å². The maximum Gasteiger partial charge on any atom is 0.401 e. The number of morpholine rings is 1. The van der Waals surface area contributed by atoms with E-state index in [1.54, 1.807) is 7.05 Å². The molecule has 0 aromatic rings. The van der Waals surface area contributed by atoms with Crippen molar-refractivity contribution >= 4 is 5.96 Å². The van der Waals surface area contributed by atoms with Crippen molar-refractivity contribution in [2.24, 2.45) is 10.9 Å². The average Bonchev–Trinajstić information content (AvgIpc) is 3.01. The highest BCUT2D eigenvalue weighted by molar-refractivity contribution is 5.79. The summed E-state index contributed by atoms with van der Waals surface area (Å²) in [6, 6.07) is 0. The summed E-state index contributed by atoms with van der Waals surface area (Å²) < 4.78 is 42.8. The summed E-state index contributed by atoms with van der Waals surface area (Å²) in [5.41, 5.74) is -0.0295. The zero-order valence-corrected chi connectivity index (χ0v) is 16.0. The summed E-state index contributed by atoms with van der Waals surface area (Å²) in [5.74, 6) is 0.906. The normalized spacial score (nSPS) is 24.1. The number of alkyl halides is 3. The minimum Gasteiger partial charge on any atom is -0.379 e. The van der Waals surface area contributed by atoms with Gasteiger partial charge < -0.3 is 15.4 Å². The Labute approximate surface area is 154 Å². The van der Waals surface area contributed by atoms with E-state index >= 15 is 0 Å². The molecular formula is C17H32F3N5O. The molecule has 26 heavy (non-hydrogen) atoms. The largest absolute Gasteiger partial charge is 0.401 e. The lowest BCUT2D eigenvalue weighted by Gasteiger charge is -2.41. The van der Waals surface area contributed by atoms with Crippen LogP contribution < -0.4 is 10.6 Å². The molecule has 0 aromatic carbocycles. The number of guanidine groups is 1. The third-order valence-corrected chi connectivity index (χ3v) is 5.11. The van der Waals surface area contributed by atoms with Gasteiger partial charge in [-0.1, -0.05) is 0 Å². The molecule has 1 atom stereocenters. The first kappa shape index (κ1) is 21.2. The Bertz CT molecular complexity index is 464. The van der Waals surface area contributed by atoms with Gasteiger partial charge in [0.15, 0.2) is 5.96 Å². The van der Waals surface area contributed by atoms with Gasteiger partial charge in [-0.3, -0.25) is 14.8 Å². The van der Waals surface area contributed by atoms with E-state index in [4.69, 9.17) is 4.74 Å². The van der Waals surface area contributed by atoms with Gasteiger partial charge in [-0.25, -0.2) is 0 Å². The van der Waals surface area contributed by atoms with Crippen LogP contribution in [0.5, 0.6) is 0 Å². The number of likely N-dealkylation sites (tertiary alicyclic amines) is 1. The van der Waals surface area contributed by atoms with Crippen LogP contribution in [0.1, 0.15) is 20.3 Å². The van der Waals surface area contributed by atoms with Crippen LogP contribution in [0.15, 0.2) is 4.99 Å². The molecule has 6 nitrogen and oxygen atoms in total.